The lowest BCUT2D eigenvalue weighted by molar-refractivity contribution is -0.133. The van der Waals surface area contributed by atoms with Crippen molar-refractivity contribution in [3.05, 3.63) is 35.5 Å². The highest BCUT2D eigenvalue weighted by Crippen LogP contribution is 2.21. The molecule has 2 rings (SSSR count). The zero-order valence-corrected chi connectivity index (χ0v) is 12.6. The largest absolute Gasteiger partial charge is 0.481 e. The van der Waals surface area contributed by atoms with Gasteiger partial charge in [0, 0.05) is 29.4 Å². The Morgan fingerprint density at radius 3 is 2.95 bits per heavy atom. The number of carboxylic acids is 1. The second-order valence-electron chi connectivity index (χ2n) is 4.78. The first-order chi connectivity index (χ1) is 10.1. The third-order valence-corrected chi connectivity index (χ3v) is 4.10. The van der Waals surface area contributed by atoms with E-state index in [1.807, 2.05) is 31.3 Å². The summed E-state index contributed by atoms with van der Waals surface area (Å²) in [5.41, 5.74) is 3.20. The van der Waals surface area contributed by atoms with Gasteiger partial charge in [0.25, 0.3) is 0 Å². The van der Waals surface area contributed by atoms with Crippen molar-refractivity contribution in [3.8, 4) is 0 Å². The summed E-state index contributed by atoms with van der Waals surface area (Å²) in [4.78, 5) is 25.4. The van der Waals surface area contributed by atoms with E-state index in [-0.39, 0.29) is 11.7 Å². The van der Waals surface area contributed by atoms with E-state index in [0.29, 0.717) is 18.7 Å². The van der Waals surface area contributed by atoms with E-state index in [1.54, 1.807) is 0 Å². The zero-order chi connectivity index (χ0) is 15.2. The Labute approximate surface area is 127 Å². The highest BCUT2D eigenvalue weighted by Gasteiger charge is 2.09. The van der Waals surface area contributed by atoms with Crippen molar-refractivity contribution in [2.24, 2.45) is 0 Å². The average molecular weight is 306 g/mol. The maximum Gasteiger partial charge on any atom is 0.313 e. The van der Waals surface area contributed by atoms with E-state index in [1.165, 1.54) is 11.8 Å². The van der Waals surface area contributed by atoms with Crippen molar-refractivity contribution < 1.29 is 14.7 Å². The fraction of sp³-hybridized carbons (Fsp3) is 0.333. The van der Waals surface area contributed by atoms with Gasteiger partial charge in [-0.2, -0.15) is 0 Å². The molecule has 0 aliphatic rings. The van der Waals surface area contributed by atoms with Crippen molar-refractivity contribution in [1.82, 2.24) is 10.3 Å². The number of carbonyl (C=O) groups is 2. The molecule has 0 atom stereocenters. The van der Waals surface area contributed by atoms with Gasteiger partial charge < -0.3 is 15.4 Å². The Kier molecular flexibility index (Phi) is 5.27. The Bertz CT molecular complexity index is 651. The molecule has 2 aromatic rings. The number of H-pyrrole nitrogens is 1. The number of carbonyl (C=O) groups excluding carboxylic acids is 1. The SMILES string of the molecule is Cc1cccc2c(CC(=O)NCCSCC(=O)O)c[nH]c12. The monoisotopic (exact) mass is 306 g/mol. The maximum atomic E-state index is 11.9. The predicted molar refractivity (Wildman–Crippen MR) is 84.7 cm³/mol. The highest BCUT2D eigenvalue weighted by molar-refractivity contribution is 7.99. The first kappa shape index (κ1) is 15.4. The molecule has 0 aliphatic carbocycles. The van der Waals surface area contributed by atoms with Gasteiger partial charge in [0.15, 0.2) is 0 Å². The number of carboxylic acid groups (broad SMARTS) is 1. The van der Waals surface area contributed by atoms with Crippen molar-refractivity contribution in [3.63, 3.8) is 0 Å². The van der Waals surface area contributed by atoms with Crippen molar-refractivity contribution in [2.45, 2.75) is 13.3 Å². The third-order valence-electron chi connectivity index (χ3n) is 3.15. The lowest BCUT2D eigenvalue weighted by Crippen LogP contribution is -2.27. The van der Waals surface area contributed by atoms with Crippen LogP contribution < -0.4 is 5.32 Å². The van der Waals surface area contributed by atoms with Crippen LogP contribution in [0.1, 0.15) is 11.1 Å². The van der Waals surface area contributed by atoms with Crippen molar-refractivity contribution >= 4 is 34.5 Å². The van der Waals surface area contributed by atoms with Crippen molar-refractivity contribution in [1.29, 1.82) is 0 Å². The van der Waals surface area contributed by atoms with E-state index in [2.05, 4.69) is 10.3 Å². The fourth-order valence-corrected chi connectivity index (χ4v) is 2.73. The molecular weight excluding hydrogens is 288 g/mol. The molecule has 1 amide bonds. The molecule has 6 heteroatoms. The van der Waals surface area contributed by atoms with Gasteiger partial charge in [-0.25, -0.2) is 0 Å². The number of aromatic nitrogens is 1. The van der Waals surface area contributed by atoms with Gasteiger partial charge in [-0.15, -0.1) is 11.8 Å². The number of amides is 1. The van der Waals surface area contributed by atoms with Crippen LogP contribution in [0.4, 0.5) is 0 Å². The van der Waals surface area contributed by atoms with E-state index in [0.717, 1.165) is 22.0 Å². The maximum absolute atomic E-state index is 11.9. The molecule has 0 spiro atoms. The second kappa shape index (κ2) is 7.17. The van der Waals surface area contributed by atoms with Crippen LogP contribution in [0.2, 0.25) is 0 Å². The standard InChI is InChI=1S/C15H18N2O3S/c1-10-3-2-4-12-11(8-17-15(10)12)7-13(18)16-5-6-21-9-14(19)20/h2-4,8,17H,5-7,9H2,1H3,(H,16,18)(H,19,20). The summed E-state index contributed by atoms with van der Waals surface area (Å²) < 4.78 is 0. The molecule has 112 valence electrons. The van der Waals surface area contributed by atoms with Crippen LogP contribution in [0.15, 0.2) is 24.4 Å². The third kappa shape index (κ3) is 4.26. The summed E-state index contributed by atoms with van der Waals surface area (Å²) in [6.07, 6.45) is 2.20. The number of fused-ring (bicyclic) bond motifs is 1. The fourth-order valence-electron chi connectivity index (χ4n) is 2.17. The first-order valence-electron chi connectivity index (χ1n) is 6.69. The van der Waals surface area contributed by atoms with Gasteiger partial charge in [-0.05, 0) is 18.1 Å². The molecule has 0 bridgehead atoms. The average Bonchev–Trinajstić information content (AvgIpc) is 2.83. The van der Waals surface area contributed by atoms with Crippen LogP contribution in [0.25, 0.3) is 10.9 Å². The van der Waals surface area contributed by atoms with E-state index in [9.17, 15) is 9.59 Å². The number of aliphatic carboxylic acids is 1. The molecule has 21 heavy (non-hydrogen) atoms. The molecule has 1 aromatic heterocycles. The van der Waals surface area contributed by atoms with Crippen LogP contribution in [0, 0.1) is 6.92 Å². The Morgan fingerprint density at radius 1 is 1.38 bits per heavy atom. The first-order valence-corrected chi connectivity index (χ1v) is 7.85. The van der Waals surface area contributed by atoms with Crippen LogP contribution >= 0.6 is 11.8 Å². The smallest absolute Gasteiger partial charge is 0.313 e. The van der Waals surface area contributed by atoms with Gasteiger partial charge in [0.1, 0.15) is 0 Å². The number of thioether (sulfide) groups is 1. The Morgan fingerprint density at radius 2 is 2.19 bits per heavy atom. The zero-order valence-electron chi connectivity index (χ0n) is 11.8. The number of hydrogen-bond acceptors (Lipinski definition) is 3. The number of aromatic amines is 1. The lowest BCUT2D eigenvalue weighted by atomic mass is 10.1. The summed E-state index contributed by atoms with van der Waals surface area (Å²) >= 11 is 1.30. The summed E-state index contributed by atoms with van der Waals surface area (Å²) in [5, 5.41) is 12.4. The minimum atomic E-state index is -0.833. The van der Waals surface area contributed by atoms with Crippen LogP contribution in [-0.4, -0.2) is 40.0 Å². The number of nitrogens with one attached hydrogen (secondary N) is 2. The van der Waals surface area contributed by atoms with Gasteiger partial charge in [-0.3, -0.25) is 9.59 Å². The van der Waals surface area contributed by atoms with Crippen molar-refractivity contribution in [2.75, 3.05) is 18.1 Å². The lowest BCUT2D eigenvalue weighted by Gasteiger charge is -2.04. The molecule has 1 heterocycles. The minimum absolute atomic E-state index is 0.0478. The molecule has 0 saturated heterocycles. The molecule has 0 radical (unpaired) electrons. The summed E-state index contributed by atoms with van der Waals surface area (Å²) in [7, 11) is 0. The number of rotatable bonds is 7. The second-order valence-corrected chi connectivity index (χ2v) is 5.89. The van der Waals surface area contributed by atoms with Gasteiger partial charge in [-0.1, -0.05) is 18.2 Å². The van der Waals surface area contributed by atoms with Gasteiger partial charge in [0.2, 0.25) is 5.91 Å². The van der Waals surface area contributed by atoms with E-state index < -0.39 is 5.97 Å². The van der Waals surface area contributed by atoms with E-state index in [4.69, 9.17) is 5.11 Å². The molecule has 0 saturated carbocycles. The molecule has 5 nitrogen and oxygen atoms in total. The quantitative estimate of drug-likeness (QED) is 0.683. The molecule has 0 aliphatic heterocycles. The predicted octanol–water partition coefficient (Wildman–Crippen LogP) is 1.95. The number of aryl methyl sites for hydroxylation is 1. The molecule has 3 N–H and O–H groups in total. The van der Waals surface area contributed by atoms with Crippen LogP contribution in [-0.2, 0) is 16.0 Å². The summed E-state index contributed by atoms with van der Waals surface area (Å²) in [6.45, 7) is 2.51. The number of benzene rings is 1. The normalized spacial score (nSPS) is 10.7. The van der Waals surface area contributed by atoms with Crippen LogP contribution in [0.3, 0.4) is 0 Å². The molecule has 0 unspecified atom stereocenters. The topological polar surface area (TPSA) is 82.2 Å². The van der Waals surface area contributed by atoms with Crippen LogP contribution in [0.5, 0.6) is 0 Å². The summed E-state index contributed by atoms with van der Waals surface area (Å²) in [5.74, 6) is -0.211. The molecule has 0 fully saturated rings. The highest BCUT2D eigenvalue weighted by atomic mass is 32.2. The number of hydrogen-bond donors (Lipinski definition) is 3. The van der Waals surface area contributed by atoms with Gasteiger partial charge in [0.05, 0.1) is 12.2 Å². The molecular formula is C15H18N2O3S. The summed E-state index contributed by atoms with van der Waals surface area (Å²) in [6, 6.07) is 6.02. The Balaban J connectivity index is 1.84. The number of para-hydroxylation sites is 1. The molecule has 1 aromatic carbocycles. The minimum Gasteiger partial charge on any atom is -0.481 e. The van der Waals surface area contributed by atoms with Gasteiger partial charge >= 0.3 is 5.97 Å². The Hall–Kier alpha value is -1.95. The van der Waals surface area contributed by atoms with E-state index >= 15 is 0 Å².